The Morgan fingerprint density at radius 2 is 1.53 bits per heavy atom. The lowest BCUT2D eigenvalue weighted by Crippen LogP contribution is -1.79. The number of aryl methyl sites for hydroxylation is 1. The second-order valence-corrected chi connectivity index (χ2v) is 2.67. The van der Waals surface area contributed by atoms with Crippen molar-refractivity contribution in [2.75, 3.05) is 7.05 Å². The number of nitrogens with two attached hydrogens (primary N) is 1. The van der Waals surface area contributed by atoms with Gasteiger partial charge in [0.05, 0.1) is 0 Å². The molecule has 0 aliphatic heterocycles. The number of hydrogen-bond acceptors (Lipinski definition) is 2. The fraction of sp³-hybridized carbons (Fsp3) is 0.308. The van der Waals surface area contributed by atoms with Crippen LogP contribution in [0.3, 0.4) is 0 Å². The van der Waals surface area contributed by atoms with Crippen LogP contribution in [-0.4, -0.2) is 12.0 Å². The number of hydrogen-bond donors (Lipinski definition) is 1. The van der Waals surface area contributed by atoms with Gasteiger partial charge in [-0.05, 0) is 25.4 Å². The Labute approximate surface area is 92.1 Å². The fourth-order valence-corrected chi connectivity index (χ4v) is 1.19. The Morgan fingerprint density at radius 3 is 2.13 bits per heavy atom. The first-order valence-electron chi connectivity index (χ1n) is 5.25. The molecule has 0 saturated carbocycles. The van der Waals surface area contributed by atoms with E-state index in [0.717, 1.165) is 5.69 Å². The van der Waals surface area contributed by atoms with Crippen molar-refractivity contribution in [1.29, 1.82) is 0 Å². The minimum Gasteiger partial charge on any atom is -0.333 e. The average molecular weight is 204 g/mol. The second-order valence-electron chi connectivity index (χ2n) is 2.67. The number of nitrogens with zero attached hydrogens (tertiary/aromatic N) is 1. The summed E-state index contributed by atoms with van der Waals surface area (Å²) in [6.45, 7) is 6.01. The highest BCUT2D eigenvalue weighted by Crippen LogP contribution is 2.12. The summed E-state index contributed by atoms with van der Waals surface area (Å²) in [4.78, 5) is 4.21. The van der Waals surface area contributed by atoms with E-state index in [-0.39, 0.29) is 0 Å². The number of aromatic nitrogens is 1. The zero-order valence-electron chi connectivity index (χ0n) is 9.99. The van der Waals surface area contributed by atoms with Crippen molar-refractivity contribution in [3.63, 3.8) is 0 Å². The van der Waals surface area contributed by atoms with Gasteiger partial charge in [0.2, 0.25) is 0 Å². The molecule has 1 aromatic carbocycles. The summed E-state index contributed by atoms with van der Waals surface area (Å²) in [5, 5.41) is 2.47. The molecule has 0 fully saturated rings. The van der Waals surface area contributed by atoms with E-state index in [4.69, 9.17) is 0 Å². The maximum absolute atomic E-state index is 4.50. The molecular weight excluding hydrogens is 184 g/mol. The summed E-state index contributed by atoms with van der Waals surface area (Å²) in [5.74, 6) is 0. The summed E-state index contributed by atoms with van der Waals surface area (Å²) in [6, 6.07) is 10.3. The molecule has 0 saturated heterocycles. The molecule has 0 atom stereocenters. The third-order valence-electron chi connectivity index (χ3n) is 1.77. The van der Waals surface area contributed by atoms with Gasteiger partial charge in [-0.15, -0.1) is 0 Å². The molecule has 0 spiro atoms. The summed E-state index contributed by atoms with van der Waals surface area (Å²) >= 11 is 0. The van der Waals surface area contributed by atoms with E-state index < -0.39 is 0 Å². The van der Waals surface area contributed by atoms with Gasteiger partial charge in [0.1, 0.15) is 0 Å². The number of rotatable bonds is 0. The van der Waals surface area contributed by atoms with E-state index >= 15 is 0 Å². The van der Waals surface area contributed by atoms with Gasteiger partial charge in [-0.1, -0.05) is 38.1 Å². The highest BCUT2D eigenvalue weighted by molar-refractivity contribution is 5.81. The molecule has 1 aromatic heterocycles. The SMILES string of the molecule is CC.CN.Cc1cc2ccccc2cn1. The van der Waals surface area contributed by atoms with Crippen molar-refractivity contribution in [2.45, 2.75) is 20.8 Å². The van der Waals surface area contributed by atoms with E-state index in [2.05, 4.69) is 28.9 Å². The standard InChI is InChI=1S/C10H9N.C2H6.CH5N/c1-8-6-9-4-2-3-5-10(9)7-11-8;2*1-2/h2-7H,1H3;1-2H3;2H2,1H3. The monoisotopic (exact) mass is 204 g/mol. The number of fused-ring (bicyclic) bond motifs is 1. The molecule has 82 valence electrons. The van der Waals surface area contributed by atoms with Crippen LogP contribution in [0, 0.1) is 6.92 Å². The van der Waals surface area contributed by atoms with Crippen molar-refractivity contribution in [1.82, 2.24) is 4.98 Å². The zero-order valence-corrected chi connectivity index (χ0v) is 9.99. The quantitative estimate of drug-likeness (QED) is 0.716. The Hall–Kier alpha value is -1.41. The largest absolute Gasteiger partial charge is 0.333 e. The predicted molar refractivity (Wildman–Crippen MR) is 67.9 cm³/mol. The molecule has 15 heavy (non-hydrogen) atoms. The molecule has 2 N–H and O–H groups in total. The van der Waals surface area contributed by atoms with E-state index in [0.29, 0.717) is 0 Å². The van der Waals surface area contributed by atoms with Crippen LogP contribution < -0.4 is 5.73 Å². The fourth-order valence-electron chi connectivity index (χ4n) is 1.19. The third-order valence-corrected chi connectivity index (χ3v) is 1.77. The maximum atomic E-state index is 4.50. The molecule has 1 heterocycles. The molecule has 2 aromatic rings. The number of pyridine rings is 1. The van der Waals surface area contributed by atoms with Crippen LogP contribution in [0.1, 0.15) is 19.5 Å². The molecule has 2 heteroatoms. The van der Waals surface area contributed by atoms with Gasteiger partial charge in [0, 0.05) is 17.3 Å². The van der Waals surface area contributed by atoms with Crippen LogP contribution >= 0.6 is 0 Å². The lowest BCUT2D eigenvalue weighted by molar-refractivity contribution is 1.22. The zero-order chi connectivity index (χ0) is 11.7. The Balaban J connectivity index is 0.000000442. The molecule has 0 aliphatic rings. The van der Waals surface area contributed by atoms with Gasteiger partial charge in [0.25, 0.3) is 0 Å². The van der Waals surface area contributed by atoms with E-state index in [9.17, 15) is 0 Å². The minimum absolute atomic E-state index is 1.07. The predicted octanol–water partition coefficient (Wildman–Crippen LogP) is 3.14. The van der Waals surface area contributed by atoms with Crippen LogP contribution in [0.5, 0.6) is 0 Å². The normalized spacial score (nSPS) is 8.33. The molecular formula is C13H20N2. The Morgan fingerprint density at radius 1 is 1.00 bits per heavy atom. The lowest BCUT2D eigenvalue weighted by Gasteiger charge is -1.96. The van der Waals surface area contributed by atoms with Gasteiger partial charge in [-0.25, -0.2) is 0 Å². The highest BCUT2D eigenvalue weighted by Gasteiger charge is 1.90. The van der Waals surface area contributed by atoms with E-state index in [1.807, 2.05) is 39.1 Å². The summed E-state index contributed by atoms with van der Waals surface area (Å²) in [5.41, 5.74) is 5.57. The van der Waals surface area contributed by atoms with Gasteiger partial charge in [-0.2, -0.15) is 0 Å². The lowest BCUT2D eigenvalue weighted by atomic mass is 10.1. The Kier molecular flexibility index (Phi) is 7.20. The van der Waals surface area contributed by atoms with Crippen LogP contribution in [-0.2, 0) is 0 Å². The van der Waals surface area contributed by atoms with Crippen LogP contribution in [0.4, 0.5) is 0 Å². The van der Waals surface area contributed by atoms with Crippen molar-refractivity contribution in [3.8, 4) is 0 Å². The molecule has 0 aliphatic carbocycles. The van der Waals surface area contributed by atoms with Crippen molar-refractivity contribution in [2.24, 2.45) is 5.73 Å². The molecule has 0 radical (unpaired) electrons. The third kappa shape index (κ3) is 4.09. The molecule has 0 bridgehead atoms. The van der Waals surface area contributed by atoms with Gasteiger partial charge in [-0.3, -0.25) is 4.98 Å². The smallest absolute Gasteiger partial charge is 0.0379 e. The van der Waals surface area contributed by atoms with Gasteiger partial charge in [0.15, 0.2) is 0 Å². The molecule has 0 unspecified atom stereocenters. The summed E-state index contributed by atoms with van der Waals surface area (Å²) in [6.07, 6.45) is 1.91. The van der Waals surface area contributed by atoms with E-state index in [1.165, 1.54) is 17.8 Å². The minimum atomic E-state index is 1.07. The van der Waals surface area contributed by atoms with Crippen molar-refractivity contribution in [3.05, 3.63) is 42.2 Å². The van der Waals surface area contributed by atoms with Crippen LogP contribution in [0.25, 0.3) is 10.8 Å². The topological polar surface area (TPSA) is 38.9 Å². The average Bonchev–Trinajstić information content (AvgIpc) is 2.34. The Bertz CT molecular complexity index is 383. The first-order valence-corrected chi connectivity index (χ1v) is 5.25. The first-order chi connectivity index (χ1) is 7.36. The highest BCUT2D eigenvalue weighted by atomic mass is 14.6. The molecule has 2 nitrogen and oxygen atoms in total. The van der Waals surface area contributed by atoms with Crippen molar-refractivity contribution < 1.29 is 0 Å². The summed E-state index contributed by atoms with van der Waals surface area (Å²) < 4.78 is 0. The van der Waals surface area contributed by atoms with Crippen LogP contribution in [0.2, 0.25) is 0 Å². The first kappa shape index (κ1) is 13.6. The second kappa shape index (κ2) is 7.94. The van der Waals surface area contributed by atoms with Crippen LogP contribution in [0.15, 0.2) is 36.5 Å². The maximum Gasteiger partial charge on any atom is 0.0379 e. The van der Waals surface area contributed by atoms with Crippen molar-refractivity contribution >= 4 is 10.8 Å². The number of benzene rings is 1. The van der Waals surface area contributed by atoms with E-state index in [1.54, 1.807) is 0 Å². The molecule has 2 rings (SSSR count). The van der Waals surface area contributed by atoms with Gasteiger partial charge >= 0.3 is 0 Å². The molecule has 0 amide bonds. The van der Waals surface area contributed by atoms with Gasteiger partial charge < -0.3 is 5.73 Å². The summed E-state index contributed by atoms with van der Waals surface area (Å²) in [7, 11) is 1.50.